The first-order valence-electron chi connectivity index (χ1n) is 9.02. The van der Waals surface area contributed by atoms with Crippen LogP contribution in [0.15, 0.2) is 51.7 Å². The van der Waals surface area contributed by atoms with E-state index < -0.39 is 34.7 Å². The summed E-state index contributed by atoms with van der Waals surface area (Å²) in [6.07, 6.45) is -5.04. The highest BCUT2D eigenvalue weighted by Gasteiger charge is 2.40. The zero-order valence-corrected chi connectivity index (χ0v) is 16.4. The number of carbonyl (C=O) groups excluding carboxylic acids is 1. The van der Waals surface area contributed by atoms with Gasteiger partial charge in [-0.15, -0.1) is 0 Å². The Labute approximate surface area is 173 Å². The molecule has 1 aromatic heterocycles. The van der Waals surface area contributed by atoms with Gasteiger partial charge in [-0.2, -0.15) is 13.2 Å². The zero-order chi connectivity index (χ0) is 22.6. The Kier molecular flexibility index (Phi) is 6.50. The molecule has 0 radical (unpaired) electrons. The third-order valence-corrected chi connectivity index (χ3v) is 3.93. The molecule has 0 spiro atoms. The number of fused-ring (bicyclic) bond motifs is 1. The normalized spacial score (nSPS) is 11.4. The molecule has 0 saturated heterocycles. The predicted molar refractivity (Wildman–Crippen MR) is 103 cm³/mol. The molecule has 0 aliphatic heterocycles. The van der Waals surface area contributed by atoms with Crippen LogP contribution < -0.4 is 19.6 Å². The number of ether oxygens (including phenoxy) is 4. The van der Waals surface area contributed by atoms with Crippen LogP contribution in [0.1, 0.15) is 12.7 Å². The average molecular weight is 438 g/mol. The summed E-state index contributed by atoms with van der Waals surface area (Å²) in [4.78, 5) is 24.4. The quantitative estimate of drug-likeness (QED) is 0.395. The van der Waals surface area contributed by atoms with Crippen LogP contribution in [0.25, 0.3) is 11.0 Å². The minimum absolute atomic E-state index is 0.0772. The number of benzene rings is 2. The van der Waals surface area contributed by atoms with Gasteiger partial charge in [-0.25, -0.2) is 4.79 Å². The molecule has 0 aliphatic rings. The number of para-hydroxylation sites is 2. The van der Waals surface area contributed by atoms with Crippen LogP contribution in [0.2, 0.25) is 0 Å². The molecule has 10 heteroatoms. The van der Waals surface area contributed by atoms with Gasteiger partial charge in [-0.05, 0) is 31.2 Å². The first kappa shape index (κ1) is 22.2. The van der Waals surface area contributed by atoms with E-state index in [-0.39, 0.29) is 35.8 Å². The van der Waals surface area contributed by atoms with Crippen molar-refractivity contribution in [3.63, 3.8) is 0 Å². The molecule has 7 nitrogen and oxygen atoms in total. The second-order valence-corrected chi connectivity index (χ2v) is 6.13. The maximum Gasteiger partial charge on any atom is 0.453 e. The molecule has 31 heavy (non-hydrogen) atoms. The molecule has 0 fully saturated rings. The van der Waals surface area contributed by atoms with Gasteiger partial charge >= 0.3 is 12.1 Å². The maximum absolute atomic E-state index is 13.7. The smallest absolute Gasteiger partial charge is 0.453 e. The summed E-state index contributed by atoms with van der Waals surface area (Å²) in [5.41, 5.74) is -1.47. The standard InChI is InChI=1S/C21H17F3O7/c1-3-28-14-6-4-5-7-15(14)30-19-18(26)13-9-8-12(29-17(25)11-27-2)10-16(13)31-20(19)21(22,23)24/h4-10H,3,11H2,1-2H3. The van der Waals surface area contributed by atoms with Gasteiger partial charge in [-0.3, -0.25) is 4.79 Å². The summed E-state index contributed by atoms with van der Waals surface area (Å²) in [7, 11) is 1.28. The largest absolute Gasteiger partial charge is 0.490 e. The molecule has 0 N–H and O–H groups in total. The topological polar surface area (TPSA) is 84.2 Å². The van der Waals surface area contributed by atoms with E-state index in [2.05, 4.69) is 4.74 Å². The van der Waals surface area contributed by atoms with E-state index in [0.29, 0.717) is 0 Å². The Bertz CT molecular complexity index is 1150. The van der Waals surface area contributed by atoms with Gasteiger partial charge in [0.05, 0.1) is 12.0 Å². The maximum atomic E-state index is 13.7. The Morgan fingerprint density at radius 3 is 2.45 bits per heavy atom. The van der Waals surface area contributed by atoms with E-state index in [1.807, 2.05) is 0 Å². The lowest BCUT2D eigenvalue weighted by atomic mass is 10.2. The fourth-order valence-electron chi connectivity index (χ4n) is 2.70. The summed E-state index contributed by atoms with van der Waals surface area (Å²) in [5, 5.41) is -0.191. The molecule has 0 atom stereocenters. The van der Waals surface area contributed by atoms with Gasteiger partial charge in [0.1, 0.15) is 17.9 Å². The van der Waals surface area contributed by atoms with Crippen LogP contribution in [-0.4, -0.2) is 26.3 Å². The first-order valence-corrected chi connectivity index (χ1v) is 9.02. The van der Waals surface area contributed by atoms with Crippen LogP contribution >= 0.6 is 0 Å². The van der Waals surface area contributed by atoms with Gasteiger partial charge in [0.2, 0.25) is 11.2 Å². The van der Waals surface area contributed by atoms with Crippen LogP contribution in [-0.2, 0) is 15.7 Å². The van der Waals surface area contributed by atoms with Crippen LogP contribution in [0.3, 0.4) is 0 Å². The van der Waals surface area contributed by atoms with Crippen molar-refractivity contribution in [3.8, 4) is 23.0 Å². The number of methoxy groups -OCH3 is 1. The van der Waals surface area contributed by atoms with E-state index in [1.165, 1.54) is 37.4 Å². The Morgan fingerprint density at radius 1 is 1.10 bits per heavy atom. The monoisotopic (exact) mass is 438 g/mol. The highest BCUT2D eigenvalue weighted by atomic mass is 19.4. The molecular weight excluding hydrogens is 421 g/mol. The Balaban J connectivity index is 2.12. The van der Waals surface area contributed by atoms with E-state index in [9.17, 15) is 22.8 Å². The van der Waals surface area contributed by atoms with Crippen molar-refractivity contribution in [2.24, 2.45) is 0 Å². The molecule has 0 amide bonds. The van der Waals surface area contributed by atoms with Crippen molar-refractivity contribution in [1.29, 1.82) is 0 Å². The van der Waals surface area contributed by atoms with E-state index in [0.717, 1.165) is 6.07 Å². The van der Waals surface area contributed by atoms with Crippen molar-refractivity contribution >= 4 is 16.9 Å². The second-order valence-electron chi connectivity index (χ2n) is 6.13. The minimum atomic E-state index is -5.04. The third kappa shape index (κ3) is 4.97. The number of carbonyl (C=O) groups is 1. The molecule has 0 saturated carbocycles. The minimum Gasteiger partial charge on any atom is -0.490 e. The molecule has 0 aliphatic carbocycles. The highest BCUT2D eigenvalue weighted by Crippen LogP contribution is 2.40. The molecule has 164 valence electrons. The fraction of sp³-hybridized carbons (Fsp3) is 0.238. The van der Waals surface area contributed by atoms with Crippen molar-refractivity contribution < 1.29 is 41.3 Å². The molecule has 0 unspecified atom stereocenters. The fourth-order valence-corrected chi connectivity index (χ4v) is 2.70. The summed E-state index contributed by atoms with van der Waals surface area (Å²) >= 11 is 0. The predicted octanol–water partition coefficient (Wildman–Crippen LogP) is 4.55. The zero-order valence-electron chi connectivity index (χ0n) is 16.4. The summed E-state index contributed by atoms with van der Waals surface area (Å²) in [5.74, 6) is -3.45. The van der Waals surface area contributed by atoms with Gasteiger partial charge in [0.25, 0.3) is 5.76 Å². The SMILES string of the molecule is CCOc1ccccc1Oc1c(C(F)(F)F)oc2cc(OC(=O)COC)ccc2c1=O. The van der Waals surface area contributed by atoms with Crippen molar-refractivity contribution in [1.82, 2.24) is 0 Å². The lowest BCUT2D eigenvalue weighted by Gasteiger charge is -2.15. The Hall–Kier alpha value is -3.53. The summed E-state index contributed by atoms with van der Waals surface area (Å²) in [6.45, 7) is 1.57. The lowest BCUT2D eigenvalue weighted by Crippen LogP contribution is -2.16. The van der Waals surface area contributed by atoms with Gasteiger partial charge in [0.15, 0.2) is 11.5 Å². The number of hydrogen-bond donors (Lipinski definition) is 0. The van der Waals surface area contributed by atoms with Gasteiger partial charge in [0, 0.05) is 13.2 Å². The van der Waals surface area contributed by atoms with E-state index in [1.54, 1.807) is 13.0 Å². The second kappa shape index (κ2) is 9.09. The number of esters is 1. The highest BCUT2D eigenvalue weighted by molar-refractivity contribution is 5.81. The van der Waals surface area contributed by atoms with Crippen LogP contribution in [0.5, 0.6) is 23.0 Å². The Morgan fingerprint density at radius 2 is 1.81 bits per heavy atom. The van der Waals surface area contributed by atoms with Crippen molar-refractivity contribution in [2.75, 3.05) is 20.3 Å². The lowest BCUT2D eigenvalue weighted by molar-refractivity contribution is -0.154. The molecular formula is C21H17F3O7. The molecule has 1 heterocycles. The number of halogens is 3. The van der Waals surface area contributed by atoms with E-state index >= 15 is 0 Å². The number of rotatable bonds is 7. The first-order chi connectivity index (χ1) is 14.7. The van der Waals surface area contributed by atoms with Crippen LogP contribution in [0, 0.1) is 0 Å². The molecule has 0 bridgehead atoms. The van der Waals surface area contributed by atoms with E-state index in [4.69, 9.17) is 18.6 Å². The van der Waals surface area contributed by atoms with Gasteiger partial charge in [-0.1, -0.05) is 12.1 Å². The number of alkyl halides is 3. The van der Waals surface area contributed by atoms with Gasteiger partial charge < -0.3 is 23.4 Å². The van der Waals surface area contributed by atoms with Crippen LogP contribution in [0.4, 0.5) is 13.2 Å². The number of hydrogen-bond acceptors (Lipinski definition) is 7. The molecule has 3 rings (SSSR count). The molecule has 3 aromatic rings. The summed E-state index contributed by atoms with van der Waals surface area (Å²) in [6, 6.07) is 9.43. The average Bonchev–Trinajstić information content (AvgIpc) is 2.70. The third-order valence-electron chi connectivity index (χ3n) is 3.93. The molecule has 2 aromatic carbocycles. The summed E-state index contributed by atoms with van der Waals surface area (Å²) < 4.78 is 66.2. The van der Waals surface area contributed by atoms with Crippen molar-refractivity contribution in [3.05, 3.63) is 58.4 Å². The van der Waals surface area contributed by atoms with Crippen molar-refractivity contribution in [2.45, 2.75) is 13.1 Å².